The van der Waals surface area contributed by atoms with Crippen LogP contribution >= 0.6 is 0 Å². The molecule has 0 amide bonds. The lowest BCUT2D eigenvalue weighted by Gasteiger charge is -2.47. The molecular formula is C32H27F3N4O4S. The Labute approximate surface area is 250 Å². The number of benzene rings is 3. The van der Waals surface area contributed by atoms with Crippen LogP contribution in [0.25, 0.3) is 33.2 Å². The molecule has 0 radical (unpaired) electrons. The molecule has 3 saturated carbocycles. The molecule has 5 aromatic rings. The van der Waals surface area contributed by atoms with Crippen molar-refractivity contribution in [2.45, 2.75) is 43.5 Å². The van der Waals surface area contributed by atoms with Gasteiger partial charge >= 0.3 is 5.97 Å². The molecule has 2 bridgehead atoms. The van der Waals surface area contributed by atoms with Crippen LogP contribution in [-0.4, -0.2) is 39.5 Å². The van der Waals surface area contributed by atoms with Gasteiger partial charge in [-0.05, 0) is 74.8 Å². The zero-order valence-corrected chi connectivity index (χ0v) is 24.3. The number of carbonyl (C=O) groups is 1. The zero-order chi connectivity index (χ0) is 30.9. The number of carboxylic acid groups (broad SMARTS) is 1. The molecule has 3 aliphatic rings. The van der Waals surface area contributed by atoms with Gasteiger partial charge in [0.2, 0.25) is 0 Å². The Hall–Kier alpha value is -4.45. The van der Waals surface area contributed by atoms with Gasteiger partial charge in [-0.3, -0.25) is 4.79 Å². The topological polar surface area (TPSA) is 114 Å². The molecule has 8 rings (SSSR count). The van der Waals surface area contributed by atoms with Crippen molar-refractivity contribution in [3.63, 3.8) is 0 Å². The molecule has 0 spiro atoms. The summed E-state index contributed by atoms with van der Waals surface area (Å²) < 4.78 is 73.5. The fraction of sp³-hybridized carbons (Fsp3) is 0.281. The van der Waals surface area contributed by atoms with E-state index in [1.165, 1.54) is 24.3 Å². The average Bonchev–Trinajstić information content (AvgIpc) is 3.38. The third-order valence-electron chi connectivity index (χ3n) is 9.08. The summed E-state index contributed by atoms with van der Waals surface area (Å²) in [4.78, 5) is 21.3. The van der Waals surface area contributed by atoms with Crippen LogP contribution in [0.15, 0.2) is 65.7 Å². The SMILES string of the molecule is Cc1ccc(S(=O)(=O)n2cc(-c3nc(NC4C5CCC(CC5)C4C(=O)O)c4c(F)cccc4n3)c3cc(F)cc(F)c32)cc1. The molecule has 2 aromatic heterocycles. The van der Waals surface area contributed by atoms with Gasteiger partial charge in [0.15, 0.2) is 11.6 Å². The van der Waals surface area contributed by atoms with E-state index in [0.717, 1.165) is 47.5 Å². The maximum Gasteiger partial charge on any atom is 0.308 e. The van der Waals surface area contributed by atoms with Crippen molar-refractivity contribution in [1.82, 2.24) is 13.9 Å². The maximum absolute atomic E-state index is 15.4. The largest absolute Gasteiger partial charge is 0.481 e. The van der Waals surface area contributed by atoms with E-state index in [2.05, 4.69) is 15.3 Å². The Bertz CT molecular complexity index is 2070. The highest BCUT2D eigenvalue weighted by molar-refractivity contribution is 7.90. The van der Waals surface area contributed by atoms with Crippen molar-refractivity contribution >= 4 is 43.6 Å². The number of rotatable bonds is 6. The Balaban J connectivity index is 1.44. The van der Waals surface area contributed by atoms with Gasteiger partial charge in [-0.15, -0.1) is 0 Å². The summed E-state index contributed by atoms with van der Waals surface area (Å²) >= 11 is 0. The predicted molar refractivity (Wildman–Crippen MR) is 158 cm³/mol. The first-order chi connectivity index (χ1) is 21.0. The summed E-state index contributed by atoms with van der Waals surface area (Å²) in [5.41, 5.74) is 0.589. The number of aliphatic carboxylic acids is 1. The van der Waals surface area contributed by atoms with Gasteiger partial charge in [-0.1, -0.05) is 23.8 Å². The fourth-order valence-corrected chi connectivity index (χ4v) is 8.35. The Morgan fingerprint density at radius 2 is 1.66 bits per heavy atom. The van der Waals surface area contributed by atoms with Crippen molar-refractivity contribution in [2.75, 3.05) is 5.32 Å². The van der Waals surface area contributed by atoms with Gasteiger partial charge in [-0.2, -0.15) is 0 Å². The molecule has 12 heteroatoms. The monoisotopic (exact) mass is 620 g/mol. The summed E-state index contributed by atoms with van der Waals surface area (Å²) in [6.07, 6.45) is 4.39. The predicted octanol–water partition coefficient (Wildman–Crippen LogP) is 6.52. The minimum Gasteiger partial charge on any atom is -0.481 e. The van der Waals surface area contributed by atoms with Gasteiger partial charge in [0.05, 0.1) is 21.7 Å². The highest BCUT2D eigenvalue weighted by Gasteiger charge is 2.47. The second-order valence-electron chi connectivity index (χ2n) is 11.7. The van der Waals surface area contributed by atoms with Crippen LogP contribution in [0.5, 0.6) is 0 Å². The van der Waals surface area contributed by atoms with Crippen LogP contribution in [0.3, 0.4) is 0 Å². The van der Waals surface area contributed by atoms with E-state index in [9.17, 15) is 22.7 Å². The van der Waals surface area contributed by atoms with Crippen LogP contribution in [0, 0.1) is 42.1 Å². The van der Waals surface area contributed by atoms with Crippen LogP contribution in [0.1, 0.15) is 31.2 Å². The van der Waals surface area contributed by atoms with Gasteiger partial charge in [0.1, 0.15) is 23.0 Å². The number of halogens is 3. The van der Waals surface area contributed by atoms with Gasteiger partial charge in [0.25, 0.3) is 10.0 Å². The molecule has 2 unspecified atom stereocenters. The van der Waals surface area contributed by atoms with E-state index < -0.39 is 50.9 Å². The summed E-state index contributed by atoms with van der Waals surface area (Å²) in [5.74, 6) is -4.37. The summed E-state index contributed by atoms with van der Waals surface area (Å²) in [6.45, 7) is 1.80. The van der Waals surface area contributed by atoms with Crippen LogP contribution in [-0.2, 0) is 14.8 Å². The zero-order valence-electron chi connectivity index (χ0n) is 23.5. The second kappa shape index (κ2) is 10.3. The smallest absolute Gasteiger partial charge is 0.308 e. The fourth-order valence-electron chi connectivity index (χ4n) is 6.97. The van der Waals surface area contributed by atoms with Crippen molar-refractivity contribution in [1.29, 1.82) is 0 Å². The summed E-state index contributed by atoms with van der Waals surface area (Å²) in [5, 5.41) is 13.3. The van der Waals surface area contributed by atoms with E-state index in [4.69, 9.17) is 0 Å². The van der Waals surface area contributed by atoms with Gasteiger partial charge in [0, 0.05) is 29.3 Å². The molecule has 2 N–H and O–H groups in total. The van der Waals surface area contributed by atoms with E-state index in [1.807, 2.05) is 0 Å². The summed E-state index contributed by atoms with van der Waals surface area (Å²) in [7, 11) is -4.35. The van der Waals surface area contributed by atoms with Crippen LogP contribution < -0.4 is 5.32 Å². The second-order valence-corrected chi connectivity index (χ2v) is 13.5. The van der Waals surface area contributed by atoms with Crippen molar-refractivity contribution in [2.24, 2.45) is 17.8 Å². The molecule has 0 aliphatic heterocycles. The normalized spacial score (nSPS) is 21.6. The number of aryl methyl sites for hydroxylation is 1. The molecule has 44 heavy (non-hydrogen) atoms. The number of carboxylic acids is 1. The average molecular weight is 621 g/mol. The van der Waals surface area contributed by atoms with Crippen LogP contribution in [0.4, 0.5) is 19.0 Å². The van der Waals surface area contributed by atoms with Gasteiger partial charge in [-0.25, -0.2) is 35.5 Å². The quantitative estimate of drug-likeness (QED) is 0.222. The molecule has 3 aromatic carbocycles. The molecular weight excluding hydrogens is 593 g/mol. The Kier molecular flexibility index (Phi) is 6.65. The Morgan fingerprint density at radius 3 is 2.36 bits per heavy atom. The minimum atomic E-state index is -4.35. The third-order valence-corrected chi connectivity index (χ3v) is 10.8. The van der Waals surface area contributed by atoms with Crippen molar-refractivity contribution in [3.8, 4) is 11.4 Å². The third kappa shape index (κ3) is 4.50. The minimum absolute atomic E-state index is 0.00301. The number of aromatic nitrogens is 3. The van der Waals surface area contributed by atoms with E-state index in [0.29, 0.717) is 6.07 Å². The number of hydrogen-bond acceptors (Lipinski definition) is 6. The number of fused-ring (bicyclic) bond motifs is 5. The summed E-state index contributed by atoms with van der Waals surface area (Å²) in [6, 6.07) is 11.3. The van der Waals surface area contributed by atoms with E-state index >= 15 is 8.78 Å². The number of nitrogens with one attached hydrogen (secondary N) is 1. The lowest BCUT2D eigenvalue weighted by molar-refractivity contribution is -0.148. The molecule has 226 valence electrons. The molecule has 2 heterocycles. The number of hydrogen-bond donors (Lipinski definition) is 2. The van der Waals surface area contributed by atoms with Gasteiger partial charge < -0.3 is 10.4 Å². The number of nitrogens with zero attached hydrogens (tertiary/aromatic N) is 3. The standard InChI is InChI=1S/C32H27F3N4O4S/c1-16-5-11-20(12-6-16)44(42,43)39-15-22(21-13-19(33)14-24(35)29(21)39)30-36-25-4-2-3-23(34)27(25)31(38-30)37-28-18-9-7-17(8-10-18)26(28)32(40)41/h2-6,11-15,17-18,26,28H,7-10H2,1H3,(H,40,41)(H,36,37,38). The first-order valence-corrected chi connectivity index (χ1v) is 15.8. The maximum atomic E-state index is 15.4. The lowest BCUT2D eigenvalue weighted by atomic mass is 9.61. The first kappa shape index (κ1) is 28.3. The molecule has 2 atom stereocenters. The van der Waals surface area contributed by atoms with E-state index in [-0.39, 0.29) is 50.2 Å². The number of anilines is 1. The van der Waals surface area contributed by atoms with Crippen molar-refractivity contribution < 1.29 is 31.5 Å². The van der Waals surface area contributed by atoms with E-state index in [1.54, 1.807) is 25.1 Å². The first-order valence-electron chi connectivity index (χ1n) is 14.3. The van der Waals surface area contributed by atoms with Crippen molar-refractivity contribution in [3.05, 3.63) is 83.8 Å². The Morgan fingerprint density at radius 1 is 0.955 bits per heavy atom. The molecule has 3 aliphatic carbocycles. The lowest BCUT2D eigenvalue weighted by Crippen LogP contribution is -2.51. The van der Waals surface area contributed by atoms with Crippen LogP contribution in [0.2, 0.25) is 0 Å². The molecule has 3 fully saturated rings. The highest BCUT2D eigenvalue weighted by atomic mass is 32.2. The molecule has 8 nitrogen and oxygen atoms in total. The molecule has 0 saturated heterocycles. The highest BCUT2D eigenvalue weighted by Crippen LogP contribution is 2.47.